The van der Waals surface area contributed by atoms with E-state index in [1.807, 2.05) is 50.2 Å². The third kappa shape index (κ3) is 10.1. The van der Waals surface area contributed by atoms with Crippen LogP contribution in [0.2, 0.25) is 0 Å². The van der Waals surface area contributed by atoms with E-state index in [2.05, 4.69) is 17.0 Å². The van der Waals surface area contributed by atoms with Crippen LogP contribution in [0, 0.1) is 13.8 Å². The summed E-state index contributed by atoms with van der Waals surface area (Å²) in [5.74, 6) is -0.507. The summed E-state index contributed by atoms with van der Waals surface area (Å²) in [6, 6.07) is 17.2. The van der Waals surface area contributed by atoms with E-state index in [-0.39, 0.29) is 24.8 Å². The first-order valence-corrected chi connectivity index (χ1v) is 13.8. The molecule has 0 saturated heterocycles. The number of benzene rings is 3. The maximum absolute atomic E-state index is 12.5. The Balaban J connectivity index is 1.78. The molecule has 0 aliphatic heterocycles. The fourth-order valence-corrected chi connectivity index (χ4v) is 4.81. The molecule has 0 heterocycles. The molecule has 0 saturated carbocycles. The monoisotopic (exact) mass is 573 g/mol. The third-order valence-corrected chi connectivity index (χ3v) is 6.78. The second kappa shape index (κ2) is 14.9. The number of hydrogen-bond donors (Lipinski definition) is 3. The molecule has 0 amide bonds. The first-order chi connectivity index (χ1) is 19.5. The van der Waals surface area contributed by atoms with Gasteiger partial charge in [0.2, 0.25) is 0 Å². The lowest BCUT2D eigenvalue weighted by atomic mass is 9.95. The Hall–Kier alpha value is -3.56. The number of nitrogens with one attached hydrogen (secondary N) is 1. The van der Waals surface area contributed by atoms with Gasteiger partial charge < -0.3 is 19.7 Å². The zero-order valence-corrected chi connectivity index (χ0v) is 23.6. The van der Waals surface area contributed by atoms with Crippen molar-refractivity contribution >= 4 is 5.97 Å². The largest absolute Gasteiger partial charge is 0.573 e. The molecule has 0 aromatic heterocycles. The summed E-state index contributed by atoms with van der Waals surface area (Å²) in [7, 11) is 0. The fraction of sp³-hybridized carbons (Fsp3) is 0.406. The number of unbranched alkanes of at least 4 members (excludes halogenated alkanes) is 3. The van der Waals surface area contributed by atoms with Gasteiger partial charge in [0.05, 0.1) is 6.42 Å². The van der Waals surface area contributed by atoms with E-state index in [9.17, 15) is 23.1 Å². The topological polar surface area (TPSA) is 88.0 Å². The number of rotatable bonds is 15. The first-order valence-electron chi connectivity index (χ1n) is 13.8. The highest BCUT2D eigenvalue weighted by Crippen LogP contribution is 2.35. The normalized spacial score (nSPS) is 13.0. The highest BCUT2D eigenvalue weighted by molar-refractivity contribution is 5.72. The summed E-state index contributed by atoms with van der Waals surface area (Å²) in [5, 5.41) is 21.9. The Morgan fingerprint density at radius 2 is 1.51 bits per heavy atom. The van der Waals surface area contributed by atoms with Crippen molar-refractivity contribution in [2.75, 3.05) is 6.54 Å². The molecule has 3 aromatic rings. The molecular weight excluding hydrogens is 535 g/mol. The molecule has 222 valence electrons. The maximum Gasteiger partial charge on any atom is 0.573 e. The van der Waals surface area contributed by atoms with Gasteiger partial charge in [-0.15, -0.1) is 13.2 Å². The number of aliphatic hydroxyl groups excluding tert-OH is 1. The number of aryl methyl sites for hydroxylation is 2. The molecule has 0 aliphatic rings. The summed E-state index contributed by atoms with van der Waals surface area (Å²) < 4.78 is 48.1. The standard InChI is InChI=1S/C32H38F3NO5/c1-4-5-6-7-8-28(23-9-11-25(12-10-23)31(39)36-18-17-29(37)38)40-27-19-21(2)30(22(3)20-27)24-13-15-26(16-14-24)41-32(33,34)35/h9-16,19-20,28,31,36,39H,4-8,17-18H2,1-3H3,(H,37,38)/t28-,31?/m1/s1. The summed E-state index contributed by atoms with van der Waals surface area (Å²) in [5.41, 5.74) is 5.15. The number of aliphatic hydroxyl groups is 1. The van der Waals surface area contributed by atoms with Gasteiger partial charge in [0, 0.05) is 6.54 Å². The van der Waals surface area contributed by atoms with Crippen molar-refractivity contribution in [3.8, 4) is 22.6 Å². The van der Waals surface area contributed by atoms with Crippen molar-refractivity contribution in [3.05, 3.63) is 82.9 Å². The van der Waals surface area contributed by atoms with E-state index in [1.54, 1.807) is 12.1 Å². The Morgan fingerprint density at radius 1 is 0.902 bits per heavy atom. The highest BCUT2D eigenvalue weighted by atomic mass is 19.4. The molecule has 0 fully saturated rings. The Morgan fingerprint density at radius 3 is 2.07 bits per heavy atom. The zero-order chi connectivity index (χ0) is 30.0. The van der Waals surface area contributed by atoms with E-state index < -0.39 is 18.6 Å². The van der Waals surface area contributed by atoms with Gasteiger partial charge in [-0.1, -0.05) is 62.6 Å². The van der Waals surface area contributed by atoms with Gasteiger partial charge in [-0.05, 0) is 84.3 Å². The summed E-state index contributed by atoms with van der Waals surface area (Å²) in [6.45, 7) is 6.20. The average molecular weight is 574 g/mol. The molecule has 41 heavy (non-hydrogen) atoms. The van der Waals surface area contributed by atoms with Gasteiger partial charge in [-0.2, -0.15) is 0 Å². The van der Waals surface area contributed by atoms with E-state index >= 15 is 0 Å². The van der Waals surface area contributed by atoms with E-state index in [0.29, 0.717) is 11.3 Å². The smallest absolute Gasteiger partial charge is 0.486 e. The van der Waals surface area contributed by atoms with Gasteiger partial charge in [0.25, 0.3) is 0 Å². The Labute approximate surface area is 239 Å². The quantitative estimate of drug-likeness (QED) is 0.126. The molecule has 3 aromatic carbocycles. The lowest BCUT2D eigenvalue weighted by molar-refractivity contribution is -0.274. The molecule has 0 radical (unpaired) electrons. The van der Waals surface area contributed by atoms with Crippen LogP contribution in [0.1, 0.15) is 80.0 Å². The van der Waals surface area contributed by atoms with Crippen LogP contribution in [0.15, 0.2) is 60.7 Å². The minimum absolute atomic E-state index is 0.0851. The Kier molecular flexibility index (Phi) is 11.6. The molecule has 3 rings (SSSR count). The van der Waals surface area contributed by atoms with Crippen molar-refractivity contribution in [1.29, 1.82) is 0 Å². The molecule has 9 heteroatoms. The number of ether oxygens (including phenoxy) is 2. The molecule has 3 N–H and O–H groups in total. The van der Waals surface area contributed by atoms with Gasteiger partial charge in [-0.25, -0.2) is 0 Å². The van der Waals surface area contributed by atoms with Gasteiger partial charge in [0.15, 0.2) is 0 Å². The van der Waals surface area contributed by atoms with Crippen LogP contribution in [0.5, 0.6) is 11.5 Å². The first kappa shape index (κ1) is 32.0. The second-order valence-corrected chi connectivity index (χ2v) is 10.1. The van der Waals surface area contributed by atoms with Crippen LogP contribution < -0.4 is 14.8 Å². The number of aliphatic carboxylic acids is 1. The number of carboxylic acid groups (broad SMARTS) is 1. The predicted molar refractivity (Wildman–Crippen MR) is 152 cm³/mol. The van der Waals surface area contributed by atoms with Gasteiger partial charge in [-0.3, -0.25) is 10.1 Å². The van der Waals surface area contributed by atoms with Crippen molar-refractivity contribution in [2.24, 2.45) is 0 Å². The van der Waals surface area contributed by atoms with Crippen LogP contribution in [-0.4, -0.2) is 29.1 Å². The predicted octanol–water partition coefficient (Wildman–Crippen LogP) is 8.01. The van der Waals surface area contributed by atoms with E-state index in [4.69, 9.17) is 9.84 Å². The second-order valence-electron chi connectivity index (χ2n) is 10.1. The van der Waals surface area contributed by atoms with Crippen LogP contribution in [0.3, 0.4) is 0 Å². The average Bonchev–Trinajstić information content (AvgIpc) is 2.90. The SMILES string of the molecule is CCCCCC[C@@H](Oc1cc(C)c(-c2ccc(OC(F)(F)F)cc2)c(C)c1)c1ccc(C(O)NCCC(=O)O)cc1. The number of hydrogen-bond acceptors (Lipinski definition) is 5. The van der Waals surface area contributed by atoms with Crippen LogP contribution in [0.4, 0.5) is 13.2 Å². The van der Waals surface area contributed by atoms with Crippen molar-refractivity contribution in [2.45, 2.75) is 78.0 Å². The van der Waals surface area contributed by atoms with E-state index in [0.717, 1.165) is 59.9 Å². The van der Waals surface area contributed by atoms with Crippen molar-refractivity contribution in [3.63, 3.8) is 0 Å². The summed E-state index contributed by atoms with van der Waals surface area (Å²) in [6.07, 6.45) is -0.875. The maximum atomic E-state index is 12.5. The zero-order valence-electron chi connectivity index (χ0n) is 23.6. The molecule has 1 unspecified atom stereocenters. The lowest BCUT2D eigenvalue weighted by Gasteiger charge is -2.22. The molecule has 2 atom stereocenters. The van der Waals surface area contributed by atoms with Gasteiger partial charge in [0.1, 0.15) is 23.8 Å². The van der Waals surface area contributed by atoms with Crippen molar-refractivity contribution in [1.82, 2.24) is 5.32 Å². The number of carbonyl (C=O) groups is 1. The molecule has 0 spiro atoms. The van der Waals surface area contributed by atoms with Crippen molar-refractivity contribution < 1.29 is 37.7 Å². The van der Waals surface area contributed by atoms with Crippen LogP contribution in [-0.2, 0) is 4.79 Å². The fourth-order valence-electron chi connectivity index (χ4n) is 4.81. The molecular formula is C32H38F3NO5. The van der Waals surface area contributed by atoms with E-state index in [1.165, 1.54) is 12.1 Å². The highest BCUT2D eigenvalue weighted by Gasteiger charge is 2.31. The molecule has 0 bridgehead atoms. The number of alkyl halides is 3. The van der Waals surface area contributed by atoms with Crippen LogP contribution >= 0.6 is 0 Å². The lowest BCUT2D eigenvalue weighted by Crippen LogP contribution is -2.23. The minimum atomic E-state index is -4.74. The number of carboxylic acids is 1. The van der Waals surface area contributed by atoms with Crippen LogP contribution in [0.25, 0.3) is 11.1 Å². The number of halogens is 3. The molecule has 6 nitrogen and oxygen atoms in total. The Bertz CT molecular complexity index is 1240. The van der Waals surface area contributed by atoms with Gasteiger partial charge >= 0.3 is 12.3 Å². The molecule has 0 aliphatic carbocycles. The summed E-state index contributed by atoms with van der Waals surface area (Å²) >= 11 is 0. The summed E-state index contributed by atoms with van der Waals surface area (Å²) in [4.78, 5) is 10.7. The minimum Gasteiger partial charge on any atom is -0.486 e. The third-order valence-electron chi connectivity index (χ3n) is 6.78.